The monoisotopic (exact) mass is 910 g/mol. The number of hydrogen-bond acceptors (Lipinski definition) is 2. The largest absolute Gasteiger partial charge is 0.412 e. The molecule has 7 fully saturated rings. The van der Waals surface area contributed by atoms with Crippen LogP contribution < -0.4 is 0 Å². The minimum atomic E-state index is 0. The maximum atomic E-state index is 5.39. The fraction of sp³-hybridized carbons (Fsp3) is 1.00. The van der Waals surface area contributed by atoms with Crippen LogP contribution in [0.1, 0.15) is 300 Å². The Balaban J connectivity index is -0.0000000676. The molecule has 5 saturated carbocycles. The molecule has 0 bridgehead atoms. The van der Waals surface area contributed by atoms with E-state index in [1.807, 2.05) is 0 Å². The molecule has 2 saturated heterocycles. The van der Waals surface area contributed by atoms with Crippen LogP contribution in [0.5, 0.6) is 0 Å². The highest BCUT2D eigenvalue weighted by Crippen LogP contribution is 2.30. The lowest BCUT2D eigenvalue weighted by atomic mass is 9.84. The first-order valence-corrected chi connectivity index (χ1v) is 25.7. The molecule has 7 aliphatic rings. The number of rotatable bonds is 0. The van der Waals surface area contributed by atoms with E-state index >= 15 is 0 Å². The van der Waals surface area contributed by atoms with Crippen molar-refractivity contribution in [1.82, 2.24) is 0 Å². The average Bonchev–Trinajstić information content (AvgIpc) is 3.18. The summed E-state index contributed by atoms with van der Waals surface area (Å²) in [5, 5.41) is 0. The Hall–Kier alpha value is -0.120. The van der Waals surface area contributed by atoms with Crippen molar-refractivity contribution in [2.24, 2.45) is 71.0 Å². The average molecular weight is 911 g/mol. The normalized spacial score (nSPS) is 35.3. The van der Waals surface area contributed by atoms with Gasteiger partial charge in [-0.1, -0.05) is 256 Å². The van der Waals surface area contributed by atoms with Gasteiger partial charge in [-0.3, -0.25) is 0 Å². The first-order valence-electron chi connectivity index (χ1n) is 25.7. The van der Waals surface area contributed by atoms with Gasteiger partial charge >= 0.3 is 0 Å². The summed E-state index contributed by atoms with van der Waals surface area (Å²) in [5.74, 6) is 11.8. The maximum absolute atomic E-state index is 5.39. The van der Waals surface area contributed by atoms with E-state index in [1.165, 1.54) is 154 Å². The molecule has 398 valence electrons. The van der Waals surface area contributed by atoms with Crippen molar-refractivity contribution in [2.45, 2.75) is 308 Å². The first-order chi connectivity index (χ1) is 26.5. The fourth-order valence-electron chi connectivity index (χ4n) is 9.16. The van der Waals surface area contributed by atoms with Crippen molar-refractivity contribution >= 4 is 0 Å². The summed E-state index contributed by atoms with van der Waals surface area (Å²) in [6, 6.07) is 0. The minimum Gasteiger partial charge on any atom is -0.412 e. The molecule has 0 spiro atoms. The summed E-state index contributed by atoms with van der Waals surface area (Å²) < 4.78 is 10.8. The van der Waals surface area contributed by atoms with E-state index in [4.69, 9.17) is 9.47 Å². The van der Waals surface area contributed by atoms with Gasteiger partial charge in [-0.15, -0.1) is 0 Å². The van der Waals surface area contributed by atoms with Gasteiger partial charge in [-0.25, -0.2) is 0 Å². The lowest BCUT2D eigenvalue weighted by Crippen LogP contribution is -2.21. The predicted octanol–water partition coefficient (Wildman–Crippen LogP) is 21.5. The molecule has 3 heteroatoms. The fourth-order valence-corrected chi connectivity index (χ4v) is 9.16. The summed E-state index contributed by atoms with van der Waals surface area (Å²) in [6.45, 7) is 34.4. The lowest BCUT2D eigenvalue weighted by molar-refractivity contribution is 0.000174. The van der Waals surface area contributed by atoms with Gasteiger partial charge in [0.25, 0.3) is 0 Å². The van der Waals surface area contributed by atoms with Crippen LogP contribution in [0.25, 0.3) is 0 Å². The molecule has 0 aromatic carbocycles. The lowest BCUT2D eigenvalue weighted by Gasteiger charge is -2.23. The minimum absolute atomic E-state index is 0. The highest BCUT2D eigenvalue weighted by atomic mass is 16.5. The van der Waals surface area contributed by atoms with Crippen LogP contribution in [0.15, 0.2) is 0 Å². The van der Waals surface area contributed by atoms with E-state index in [9.17, 15) is 0 Å². The van der Waals surface area contributed by atoms with E-state index in [1.54, 1.807) is 0 Å². The van der Waals surface area contributed by atoms with Crippen molar-refractivity contribution in [3.8, 4) is 0 Å². The number of hydrogen-bond donors (Lipinski definition) is 0. The molecule has 0 amide bonds. The summed E-state index contributed by atoms with van der Waals surface area (Å²) in [7, 11) is 0. The molecule has 4 unspecified atom stereocenters. The predicted molar refractivity (Wildman–Crippen MR) is 302 cm³/mol. The summed E-state index contributed by atoms with van der Waals surface area (Å²) >= 11 is 0. The zero-order valence-electron chi connectivity index (χ0n) is 41.8. The van der Waals surface area contributed by atoms with Gasteiger partial charge in [0.2, 0.25) is 0 Å². The number of ether oxygens (including phenoxy) is 2. The van der Waals surface area contributed by atoms with Gasteiger partial charge < -0.3 is 14.9 Å². The summed E-state index contributed by atoms with van der Waals surface area (Å²) in [6.07, 6.45) is 35.7. The van der Waals surface area contributed by atoms with Crippen molar-refractivity contribution < 1.29 is 19.2 Å². The van der Waals surface area contributed by atoms with E-state index < -0.39 is 0 Å². The molecule has 5 aliphatic carbocycles. The third-order valence-electron chi connectivity index (χ3n) is 15.0. The second-order valence-corrected chi connectivity index (χ2v) is 22.5. The maximum Gasteiger partial charge on any atom is 0.0547 e. The Labute approximate surface area is 409 Å². The zero-order valence-corrected chi connectivity index (χ0v) is 41.8. The van der Waals surface area contributed by atoms with Crippen LogP contribution in [-0.2, 0) is 9.47 Å². The quantitative estimate of drug-likeness (QED) is 0.243. The Morgan fingerprint density at radius 2 is 0.333 bits per heavy atom. The Morgan fingerprint density at radius 3 is 0.413 bits per heavy atom. The first kappa shape index (κ1) is 77.1. The molecule has 63 heavy (non-hydrogen) atoms. The van der Waals surface area contributed by atoms with Crippen LogP contribution >= 0.6 is 0 Å². The molecule has 2 heterocycles. The van der Waals surface area contributed by atoms with E-state index in [-0.39, 0.29) is 54.3 Å². The molecule has 0 aromatic rings. The van der Waals surface area contributed by atoms with Gasteiger partial charge in [0.1, 0.15) is 0 Å². The Bertz CT molecular complexity index is 571. The van der Waals surface area contributed by atoms with Gasteiger partial charge in [0, 0.05) is 17.5 Å². The van der Waals surface area contributed by atoms with Crippen molar-refractivity contribution in [2.75, 3.05) is 13.2 Å². The van der Waals surface area contributed by atoms with E-state index in [2.05, 4.69) is 96.9 Å². The Morgan fingerprint density at radius 1 is 0.222 bits per heavy atom. The van der Waals surface area contributed by atoms with Crippen LogP contribution in [0.3, 0.4) is 0 Å². The summed E-state index contributed by atoms with van der Waals surface area (Å²) in [5.41, 5.74) is 0. The zero-order chi connectivity index (χ0) is 41.9. The summed E-state index contributed by atoms with van der Waals surface area (Å²) in [4.78, 5) is 0. The van der Waals surface area contributed by atoms with Gasteiger partial charge in [-0.2, -0.15) is 0 Å². The van der Waals surface area contributed by atoms with Gasteiger partial charge in [-0.05, 0) is 111 Å². The molecular formula is C60H140O3. The molecule has 0 radical (unpaired) electrons. The highest BCUT2D eigenvalue weighted by molar-refractivity contribution is 4.69. The van der Waals surface area contributed by atoms with Crippen LogP contribution in [0.2, 0.25) is 0 Å². The second kappa shape index (κ2) is 47.0. The molecule has 2 aliphatic heterocycles. The van der Waals surface area contributed by atoms with Crippen LogP contribution in [0.4, 0.5) is 0 Å². The van der Waals surface area contributed by atoms with E-state index in [0.717, 1.165) is 84.2 Å². The highest BCUT2D eigenvalue weighted by Gasteiger charge is 2.17. The molecule has 7 rings (SSSR count). The molecule has 0 aromatic heterocycles. The SMILES string of the molecule is C.C.C.C.C.C.CC1CCC(C)CC1.CC1CCC(C)CC1.CC1CCC(C)CC1.CC1CCC(C)CC1.CC1CCC(C)CC1.CC1CCC(C)OC1.CC1CCC(C)OC1.O.[2HH].[HH].[HH]. The van der Waals surface area contributed by atoms with Crippen LogP contribution in [0, 0.1) is 71.0 Å². The van der Waals surface area contributed by atoms with Crippen molar-refractivity contribution in [3.63, 3.8) is 0 Å². The molecule has 3 nitrogen and oxygen atoms in total. The van der Waals surface area contributed by atoms with Crippen molar-refractivity contribution in [3.05, 3.63) is 0 Å². The second-order valence-electron chi connectivity index (χ2n) is 22.5. The van der Waals surface area contributed by atoms with Crippen molar-refractivity contribution in [1.29, 1.82) is 0 Å². The molecular weight excluding hydrogens is 769 g/mol. The third-order valence-corrected chi connectivity index (χ3v) is 15.0. The smallest absolute Gasteiger partial charge is 0.0547 e. The van der Waals surface area contributed by atoms with E-state index in [0.29, 0.717) is 12.2 Å². The molecule has 2 N–H and O–H groups in total. The van der Waals surface area contributed by atoms with Gasteiger partial charge in [0.15, 0.2) is 0 Å². The topological polar surface area (TPSA) is 50.0 Å². The third kappa shape index (κ3) is 45.4. The van der Waals surface area contributed by atoms with Crippen LogP contribution in [-0.4, -0.2) is 30.9 Å². The van der Waals surface area contributed by atoms with Gasteiger partial charge in [0.05, 0.1) is 12.2 Å². The molecule has 4 atom stereocenters. The Kier molecular flexibility index (Phi) is 57.5. The standard InChI is InChI=1S/5C8H16.2C7H14O.6CH4.H2O.3H2/c5*1-7-3-5-8(2)6-4-7;2*1-6-3-4-7(2)8-5-6;;;;;;;;;;/h5*7-8H,3-6H2,1-2H3;2*6-7H,3-5H2,1-2H3;6*1H4;1H2;3*1H/i;;;;;;;;;;;;;;1+1;;.